The summed E-state index contributed by atoms with van der Waals surface area (Å²) >= 11 is 2.37. The molecule has 19 heavy (non-hydrogen) atoms. The molecule has 0 saturated carbocycles. The zero-order chi connectivity index (χ0) is 13.1. The summed E-state index contributed by atoms with van der Waals surface area (Å²) in [7, 11) is 0. The molecule has 2 heterocycles. The summed E-state index contributed by atoms with van der Waals surface area (Å²) < 4.78 is 1.32. The highest BCUT2D eigenvalue weighted by atomic mass is 127. The van der Waals surface area contributed by atoms with Crippen molar-refractivity contribution in [1.82, 2.24) is 10.2 Å². The first-order valence-electron chi connectivity index (χ1n) is 7.28. The third-order valence-electron chi connectivity index (χ3n) is 4.32. The first kappa shape index (κ1) is 13.6. The molecule has 4 heteroatoms. The fraction of sp³-hybridized carbons (Fsp3) is 0.600. The van der Waals surface area contributed by atoms with Gasteiger partial charge in [-0.3, -0.25) is 4.90 Å². The first-order chi connectivity index (χ1) is 9.33. The quantitative estimate of drug-likeness (QED) is 0.804. The molecule has 0 unspecified atom stereocenters. The van der Waals surface area contributed by atoms with E-state index in [0.717, 1.165) is 19.1 Å². The van der Waals surface area contributed by atoms with Crippen LogP contribution in [0.25, 0.3) is 0 Å². The number of nitrogens with one attached hydrogen (secondary N) is 1. The van der Waals surface area contributed by atoms with Gasteiger partial charge < -0.3 is 10.2 Å². The van der Waals surface area contributed by atoms with Gasteiger partial charge in [-0.15, -0.1) is 0 Å². The number of piperazine rings is 1. The summed E-state index contributed by atoms with van der Waals surface area (Å²) in [5.74, 6) is 0. The minimum atomic E-state index is 0.808. The third-order valence-corrected chi connectivity index (χ3v) is 5.04. The van der Waals surface area contributed by atoms with Crippen LogP contribution >= 0.6 is 22.6 Å². The lowest BCUT2D eigenvalue weighted by Gasteiger charge is -2.41. The minimum absolute atomic E-state index is 0.808. The molecule has 0 radical (unpaired) electrons. The van der Waals surface area contributed by atoms with Crippen LogP contribution in [0.2, 0.25) is 0 Å². The SMILES string of the molecule is Ic1ccc(N2CCC(N3CCNCC3)CC2)cc1. The Morgan fingerprint density at radius 2 is 1.58 bits per heavy atom. The van der Waals surface area contributed by atoms with E-state index < -0.39 is 0 Å². The molecule has 3 nitrogen and oxygen atoms in total. The molecule has 2 aliphatic heterocycles. The van der Waals surface area contributed by atoms with E-state index in [1.807, 2.05) is 0 Å². The Morgan fingerprint density at radius 3 is 2.21 bits per heavy atom. The topological polar surface area (TPSA) is 18.5 Å². The van der Waals surface area contributed by atoms with Gasteiger partial charge in [-0.2, -0.15) is 0 Å². The number of rotatable bonds is 2. The van der Waals surface area contributed by atoms with E-state index in [4.69, 9.17) is 0 Å². The van der Waals surface area contributed by atoms with E-state index in [1.165, 1.54) is 48.3 Å². The van der Waals surface area contributed by atoms with Gasteiger partial charge in [0.15, 0.2) is 0 Å². The van der Waals surface area contributed by atoms with E-state index in [-0.39, 0.29) is 0 Å². The van der Waals surface area contributed by atoms with Gasteiger partial charge in [0.1, 0.15) is 0 Å². The molecule has 2 aliphatic rings. The Hall–Kier alpha value is -0.330. The maximum Gasteiger partial charge on any atom is 0.0366 e. The average molecular weight is 371 g/mol. The largest absolute Gasteiger partial charge is 0.371 e. The number of halogens is 1. The molecule has 0 bridgehead atoms. The Labute approximate surface area is 129 Å². The molecule has 2 saturated heterocycles. The van der Waals surface area contributed by atoms with Crippen LogP contribution in [-0.4, -0.2) is 50.2 Å². The van der Waals surface area contributed by atoms with Crippen LogP contribution in [0.3, 0.4) is 0 Å². The molecule has 0 aromatic heterocycles. The van der Waals surface area contributed by atoms with Crippen LogP contribution in [0.1, 0.15) is 12.8 Å². The number of anilines is 1. The smallest absolute Gasteiger partial charge is 0.0366 e. The molecule has 0 amide bonds. The van der Waals surface area contributed by atoms with Crippen LogP contribution in [0.5, 0.6) is 0 Å². The second-order valence-electron chi connectivity index (χ2n) is 5.48. The Morgan fingerprint density at radius 1 is 0.947 bits per heavy atom. The number of hydrogen-bond donors (Lipinski definition) is 1. The van der Waals surface area contributed by atoms with Crippen LogP contribution in [0.4, 0.5) is 5.69 Å². The Balaban J connectivity index is 1.55. The van der Waals surface area contributed by atoms with Crippen LogP contribution in [0, 0.1) is 3.57 Å². The first-order valence-corrected chi connectivity index (χ1v) is 8.36. The molecule has 1 aromatic carbocycles. The van der Waals surface area contributed by atoms with E-state index in [2.05, 4.69) is 62.0 Å². The Kier molecular flexibility index (Phi) is 4.61. The van der Waals surface area contributed by atoms with Gasteiger partial charge >= 0.3 is 0 Å². The van der Waals surface area contributed by atoms with Crippen LogP contribution in [0.15, 0.2) is 24.3 Å². The van der Waals surface area contributed by atoms with Crippen LogP contribution < -0.4 is 10.2 Å². The molecular weight excluding hydrogens is 349 g/mol. The molecule has 0 spiro atoms. The maximum absolute atomic E-state index is 3.44. The second kappa shape index (κ2) is 6.41. The highest BCUT2D eigenvalue weighted by Gasteiger charge is 2.25. The van der Waals surface area contributed by atoms with Crippen molar-refractivity contribution < 1.29 is 0 Å². The molecule has 1 aromatic rings. The highest BCUT2D eigenvalue weighted by Crippen LogP contribution is 2.23. The van der Waals surface area contributed by atoms with Gasteiger partial charge in [0.05, 0.1) is 0 Å². The number of piperidine rings is 1. The van der Waals surface area contributed by atoms with Crippen molar-refractivity contribution in [1.29, 1.82) is 0 Å². The zero-order valence-corrected chi connectivity index (χ0v) is 13.5. The van der Waals surface area contributed by atoms with E-state index in [1.54, 1.807) is 0 Å². The normalized spacial score (nSPS) is 22.7. The van der Waals surface area contributed by atoms with Crippen molar-refractivity contribution in [3.63, 3.8) is 0 Å². The van der Waals surface area contributed by atoms with Crippen molar-refractivity contribution >= 4 is 28.3 Å². The predicted octanol–water partition coefficient (Wildman–Crippen LogP) is 2.17. The lowest BCUT2D eigenvalue weighted by Crippen LogP contribution is -2.52. The third kappa shape index (κ3) is 3.41. The van der Waals surface area contributed by atoms with Crippen molar-refractivity contribution in [2.24, 2.45) is 0 Å². The predicted molar refractivity (Wildman–Crippen MR) is 88.8 cm³/mol. The summed E-state index contributed by atoms with van der Waals surface area (Å²) in [5, 5.41) is 3.44. The van der Waals surface area contributed by atoms with Crippen molar-refractivity contribution in [3.05, 3.63) is 27.8 Å². The molecule has 2 fully saturated rings. The zero-order valence-electron chi connectivity index (χ0n) is 11.3. The lowest BCUT2D eigenvalue weighted by molar-refractivity contribution is 0.150. The van der Waals surface area contributed by atoms with Gasteiger partial charge in [0, 0.05) is 54.6 Å². The molecule has 3 rings (SSSR count). The molecule has 104 valence electrons. The van der Waals surface area contributed by atoms with E-state index in [0.29, 0.717) is 0 Å². The van der Waals surface area contributed by atoms with Gasteiger partial charge in [0.2, 0.25) is 0 Å². The number of benzene rings is 1. The van der Waals surface area contributed by atoms with Crippen molar-refractivity contribution in [3.8, 4) is 0 Å². The number of nitrogens with zero attached hydrogens (tertiary/aromatic N) is 2. The average Bonchev–Trinajstić information content (AvgIpc) is 2.49. The van der Waals surface area contributed by atoms with Gasteiger partial charge in [-0.05, 0) is 59.7 Å². The summed E-state index contributed by atoms with van der Waals surface area (Å²) in [5.41, 5.74) is 1.39. The van der Waals surface area contributed by atoms with Crippen molar-refractivity contribution in [2.45, 2.75) is 18.9 Å². The second-order valence-corrected chi connectivity index (χ2v) is 6.73. The molecule has 0 atom stereocenters. The van der Waals surface area contributed by atoms with Gasteiger partial charge in [-0.1, -0.05) is 0 Å². The summed E-state index contributed by atoms with van der Waals surface area (Å²) in [6, 6.07) is 9.73. The van der Waals surface area contributed by atoms with Gasteiger partial charge in [0.25, 0.3) is 0 Å². The molecule has 0 aliphatic carbocycles. The minimum Gasteiger partial charge on any atom is -0.371 e. The monoisotopic (exact) mass is 371 g/mol. The molecule has 1 N–H and O–H groups in total. The molecular formula is C15H22IN3. The summed E-state index contributed by atoms with van der Waals surface area (Å²) in [6.45, 7) is 7.20. The van der Waals surface area contributed by atoms with Gasteiger partial charge in [-0.25, -0.2) is 0 Å². The number of hydrogen-bond acceptors (Lipinski definition) is 3. The summed E-state index contributed by atoms with van der Waals surface area (Å²) in [6.07, 6.45) is 2.62. The highest BCUT2D eigenvalue weighted by molar-refractivity contribution is 14.1. The van der Waals surface area contributed by atoms with Crippen molar-refractivity contribution in [2.75, 3.05) is 44.2 Å². The Bertz CT molecular complexity index is 392. The van der Waals surface area contributed by atoms with E-state index >= 15 is 0 Å². The summed E-state index contributed by atoms with van der Waals surface area (Å²) in [4.78, 5) is 5.22. The fourth-order valence-corrected chi connectivity index (χ4v) is 3.55. The lowest BCUT2D eigenvalue weighted by atomic mass is 10.0. The standard InChI is InChI=1S/C15H22IN3/c16-13-1-3-14(4-2-13)18-9-5-15(6-10-18)19-11-7-17-8-12-19/h1-4,15,17H,5-12H2. The van der Waals surface area contributed by atoms with Crippen LogP contribution in [-0.2, 0) is 0 Å². The van der Waals surface area contributed by atoms with E-state index in [9.17, 15) is 0 Å². The fourth-order valence-electron chi connectivity index (χ4n) is 3.19. The maximum atomic E-state index is 3.44.